The van der Waals surface area contributed by atoms with Gasteiger partial charge in [-0.3, -0.25) is 0 Å². The van der Waals surface area contributed by atoms with Crippen molar-refractivity contribution in [2.45, 2.75) is 24.2 Å². The second kappa shape index (κ2) is 7.77. The molecule has 4 aromatic rings. The molecule has 1 aromatic carbocycles. The van der Waals surface area contributed by atoms with Gasteiger partial charge in [0, 0.05) is 26.2 Å². The summed E-state index contributed by atoms with van der Waals surface area (Å²) >= 11 is 7.58. The molecule has 3 aromatic heterocycles. The van der Waals surface area contributed by atoms with E-state index in [4.69, 9.17) is 16.6 Å². The summed E-state index contributed by atoms with van der Waals surface area (Å²) < 4.78 is 66.6. The number of thioether (sulfide) groups is 1. The summed E-state index contributed by atoms with van der Waals surface area (Å²) in [5.74, 6) is 0.646. The van der Waals surface area contributed by atoms with E-state index in [1.54, 1.807) is 29.8 Å². The third kappa shape index (κ3) is 3.47. The number of nitrogens with zero attached hydrogens (tertiary/aromatic N) is 5. The molecule has 7 nitrogen and oxygen atoms in total. The minimum atomic E-state index is -4.81. The van der Waals surface area contributed by atoms with Crippen LogP contribution in [0.15, 0.2) is 35.4 Å². The van der Waals surface area contributed by atoms with Gasteiger partial charge in [0.2, 0.25) is 0 Å². The molecule has 178 valence electrons. The van der Waals surface area contributed by atoms with Crippen molar-refractivity contribution in [1.82, 2.24) is 24.1 Å². The molecule has 0 aliphatic carbocycles. The first kappa shape index (κ1) is 22.8. The van der Waals surface area contributed by atoms with E-state index < -0.39 is 23.7 Å². The van der Waals surface area contributed by atoms with Crippen molar-refractivity contribution in [2.75, 3.05) is 5.75 Å². The molecule has 0 N–H and O–H groups in total. The maximum Gasteiger partial charge on any atom is 0.507 e. The maximum absolute atomic E-state index is 13.7. The number of imidazole rings is 2. The molecule has 0 saturated carbocycles. The standard InChI is InChI=1S/C21H16ClF4N5O2S/c1-4-34-19-16(29-17(31(19)3)10-6-5-7-15(22)27-10)18-28-11-8-13-14(9-12(11)30(18)2)33-21(25,26)20(23,24)32-13/h5-9H,4H2,1-3H3. The lowest BCUT2D eigenvalue weighted by Gasteiger charge is -2.31. The first-order valence-electron chi connectivity index (χ1n) is 9.99. The van der Waals surface area contributed by atoms with Gasteiger partial charge in [-0.05, 0) is 17.9 Å². The molecular weight excluding hydrogens is 498 g/mol. The number of rotatable bonds is 4. The van der Waals surface area contributed by atoms with Gasteiger partial charge in [0.15, 0.2) is 23.1 Å². The number of ether oxygens (including phenoxy) is 2. The largest absolute Gasteiger partial charge is 0.507 e. The third-order valence-corrected chi connectivity index (χ3v) is 6.48. The van der Waals surface area contributed by atoms with Crippen LogP contribution in [0.4, 0.5) is 17.6 Å². The smallest absolute Gasteiger partial charge is 0.421 e. The number of fused-ring (bicyclic) bond motifs is 2. The molecule has 0 bridgehead atoms. The Labute approximate surface area is 199 Å². The van der Waals surface area contributed by atoms with Gasteiger partial charge in [-0.25, -0.2) is 15.0 Å². The van der Waals surface area contributed by atoms with Gasteiger partial charge < -0.3 is 18.6 Å². The van der Waals surface area contributed by atoms with Crippen molar-refractivity contribution in [3.05, 3.63) is 35.5 Å². The molecule has 13 heteroatoms. The fourth-order valence-electron chi connectivity index (χ4n) is 3.66. The molecule has 0 spiro atoms. The van der Waals surface area contributed by atoms with Crippen LogP contribution in [0.5, 0.6) is 11.5 Å². The molecular formula is C21H16ClF4N5O2S. The van der Waals surface area contributed by atoms with Gasteiger partial charge in [0.05, 0.1) is 11.0 Å². The van der Waals surface area contributed by atoms with Crippen LogP contribution in [0.2, 0.25) is 5.15 Å². The van der Waals surface area contributed by atoms with Crippen LogP contribution in [0, 0.1) is 0 Å². The normalized spacial score (nSPS) is 16.2. The summed E-state index contributed by atoms with van der Waals surface area (Å²) in [5, 5.41) is 1.10. The van der Waals surface area contributed by atoms with Crippen molar-refractivity contribution < 1.29 is 27.0 Å². The highest BCUT2D eigenvalue weighted by molar-refractivity contribution is 7.99. The molecule has 0 amide bonds. The number of halogens is 5. The summed E-state index contributed by atoms with van der Waals surface area (Å²) in [6.45, 7) is 1.98. The number of hydrogen-bond donors (Lipinski definition) is 0. The van der Waals surface area contributed by atoms with E-state index in [2.05, 4.69) is 19.4 Å². The Bertz CT molecular complexity index is 1440. The lowest BCUT2D eigenvalue weighted by molar-refractivity contribution is -0.391. The average molecular weight is 514 g/mol. The predicted octanol–water partition coefficient (Wildman–Crippen LogP) is 5.76. The second-order valence-electron chi connectivity index (χ2n) is 7.45. The summed E-state index contributed by atoms with van der Waals surface area (Å²) in [6, 6.07) is 7.53. The number of hydrogen-bond acceptors (Lipinski definition) is 6. The average Bonchev–Trinajstić information content (AvgIpc) is 3.24. The second-order valence-corrected chi connectivity index (χ2v) is 9.09. The highest BCUT2D eigenvalue weighted by Crippen LogP contribution is 2.48. The summed E-state index contributed by atoms with van der Waals surface area (Å²) in [4.78, 5) is 13.6. The minimum absolute atomic E-state index is 0.251. The topological polar surface area (TPSA) is 67.0 Å². The zero-order valence-electron chi connectivity index (χ0n) is 17.9. The first-order valence-corrected chi connectivity index (χ1v) is 11.4. The van der Waals surface area contributed by atoms with Crippen LogP contribution >= 0.6 is 23.4 Å². The van der Waals surface area contributed by atoms with Crippen molar-refractivity contribution in [3.8, 4) is 34.5 Å². The molecule has 1 aliphatic rings. The number of benzene rings is 1. The molecule has 0 fully saturated rings. The summed E-state index contributed by atoms with van der Waals surface area (Å²) in [7, 11) is 3.50. The van der Waals surface area contributed by atoms with Gasteiger partial charge in [0.25, 0.3) is 0 Å². The van der Waals surface area contributed by atoms with Crippen LogP contribution in [-0.2, 0) is 14.1 Å². The third-order valence-electron chi connectivity index (χ3n) is 5.24. The van der Waals surface area contributed by atoms with Crippen LogP contribution < -0.4 is 9.47 Å². The fraction of sp³-hybridized carbons (Fsp3) is 0.286. The number of pyridine rings is 1. The van der Waals surface area contributed by atoms with E-state index in [0.717, 1.165) is 16.8 Å². The lowest BCUT2D eigenvalue weighted by Crippen LogP contribution is -2.52. The quantitative estimate of drug-likeness (QED) is 0.196. The molecule has 5 rings (SSSR count). The molecule has 0 saturated heterocycles. The van der Waals surface area contributed by atoms with E-state index in [0.29, 0.717) is 33.7 Å². The fourth-order valence-corrected chi connectivity index (χ4v) is 4.65. The number of aromatic nitrogens is 5. The van der Waals surface area contributed by atoms with Crippen LogP contribution in [0.3, 0.4) is 0 Å². The molecule has 0 atom stereocenters. The molecule has 34 heavy (non-hydrogen) atoms. The van der Waals surface area contributed by atoms with Crippen LogP contribution in [-0.4, -0.2) is 42.1 Å². The summed E-state index contributed by atoms with van der Waals surface area (Å²) in [6.07, 6.45) is -9.62. The van der Waals surface area contributed by atoms with Crippen molar-refractivity contribution >= 4 is 34.4 Å². The van der Waals surface area contributed by atoms with Gasteiger partial charge in [-0.2, -0.15) is 17.6 Å². The van der Waals surface area contributed by atoms with Crippen molar-refractivity contribution in [3.63, 3.8) is 0 Å². The molecule has 0 unspecified atom stereocenters. The van der Waals surface area contributed by atoms with E-state index in [-0.39, 0.29) is 5.52 Å². The monoisotopic (exact) mass is 513 g/mol. The van der Waals surface area contributed by atoms with E-state index in [1.165, 1.54) is 17.8 Å². The Kier molecular flexibility index (Phi) is 5.21. The molecule has 1 aliphatic heterocycles. The van der Waals surface area contributed by atoms with E-state index in [9.17, 15) is 17.6 Å². The Morgan fingerprint density at radius 3 is 2.26 bits per heavy atom. The van der Waals surface area contributed by atoms with Crippen molar-refractivity contribution in [2.24, 2.45) is 14.1 Å². The minimum Gasteiger partial charge on any atom is -0.421 e. The number of aryl methyl sites for hydroxylation is 1. The first-order chi connectivity index (χ1) is 16.0. The molecule has 0 radical (unpaired) electrons. The van der Waals surface area contributed by atoms with Gasteiger partial charge in [-0.1, -0.05) is 24.6 Å². The Morgan fingerprint density at radius 2 is 1.62 bits per heavy atom. The Morgan fingerprint density at radius 1 is 0.941 bits per heavy atom. The van der Waals surface area contributed by atoms with Crippen LogP contribution in [0.1, 0.15) is 6.92 Å². The zero-order valence-corrected chi connectivity index (χ0v) is 19.5. The van der Waals surface area contributed by atoms with Gasteiger partial charge in [-0.15, -0.1) is 11.8 Å². The maximum atomic E-state index is 13.7. The predicted molar refractivity (Wildman–Crippen MR) is 119 cm³/mol. The van der Waals surface area contributed by atoms with Crippen LogP contribution in [0.25, 0.3) is 34.1 Å². The highest BCUT2D eigenvalue weighted by atomic mass is 35.5. The number of alkyl halides is 4. The van der Waals surface area contributed by atoms with Gasteiger partial charge in [0.1, 0.15) is 21.6 Å². The zero-order chi connectivity index (χ0) is 24.4. The Balaban J connectivity index is 1.68. The van der Waals surface area contributed by atoms with Crippen molar-refractivity contribution in [1.29, 1.82) is 0 Å². The Hall–Kier alpha value is -2.99. The van der Waals surface area contributed by atoms with Gasteiger partial charge >= 0.3 is 12.2 Å². The lowest BCUT2D eigenvalue weighted by atomic mass is 10.2. The molecule has 4 heterocycles. The highest BCUT2D eigenvalue weighted by Gasteiger charge is 2.66. The van der Waals surface area contributed by atoms with E-state index >= 15 is 0 Å². The van der Waals surface area contributed by atoms with E-state index in [1.807, 2.05) is 18.5 Å². The summed E-state index contributed by atoms with van der Waals surface area (Å²) in [5.41, 5.74) is 1.69. The SMILES string of the molecule is CCSc1c(-c2nc3cc4c(cc3n2C)OC(F)(F)C(F)(F)O4)nc(-c2cccc(Cl)n2)n1C.